The van der Waals surface area contributed by atoms with E-state index >= 15 is 0 Å². The molecule has 0 amide bonds. The molecule has 0 saturated heterocycles. The number of primary sulfonamides is 1. The Morgan fingerprint density at radius 1 is 1.16 bits per heavy atom. The van der Waals surface area contributed by atoms with Crippen LogP contribution < -0.4 is 5.14 Å². The second-order valence-corrected chi connectivity index (χ2v) is 10.2. The Kier molecular flexibility index (Phi) is 6.48. The van der Waals surface area contributed by atoms with Gasteiger partial charge < -0.3 is 9.52 Å². The Labute approximate surface area is 189 Å². The van der Waals surface area contributed by atoms with E-state index in [0.29, 0.717) is 21.3 Å². The van der Waals surface area contributed by atoms with E-state index < -0.39 is 21.4 Å². The summed E-state index contributed by atoms with van der Waals surface area (Å²) >= 11 is 12.2. The van der Waals surface area contributed by atoms with Crippen LogP contribution in [0, 0.1) is 5.41 Å². The number of hydrogen-bond acceptors (Lipinski definition) is 5. The molecule has 7 nitrogen and oxygen atoms in total. The zero-order valence-corrected chi connectivity index (χ0v) is 19.1. The molecule has 0 aliphatic rings. The Morgan fingerprint density at radius 3 is 2.45 bits per heavy atom. The van der Waals surface area contributed by atoms with Crippen molar-refractivity contribution in [3.63, 3.8) is 0 Å². The van der Waals surface area contributed by atoms with Gasteiger partial charge in [-0.15, -0.1) is 0 Å². The number of sulfonamides is 1. The summed E-state index contributed by atoms with van der Waals surface area (Å²) in [6.45, 7) is 3.56. The van der Waals surface area contributed by atoms with Gasteiger partial charge in [0.25, 0.3) is 0 Å². The van der Waals surface area contributed by atoms with E-state index in [1.807, 2.05) is 0 Å². The van der Waals surface area contributed by atoms with E-state index in [9.17, 15) is 13.2 Å². The summed E-state index contributed by atoms with van der Waals surface area (Å²) in [6.07, 6.45) is 0.117. The molecule has 3 N–H and O–H groups in total. The molecule has 1 heterocycles. The molecule has 10 heteroatoms. The van der Waals surface area contributed by atoms with E-state index in [2.05, 4.69) is 4.98 Å². The maximum atomic E-state index is 12.1. The van der Waals surface area contributed by atoms with E-state index in [1.165, 1.54) is 6.07 Å². The number of aliphatic carboxylic acids is 1. The average molecular weight is 483 g/mol. The molecule has 164 valence electrons. The summed E-state index contributed by atoms with van der Waals surface area (Å²) in [7, 11) is -4.05. The fraction of sp³-hybridized carbons (Fsp3) is 0.238. The molecule has 0 fully saturated rings. The van der Waals surface area contributed by atoms with Crippen LogP contribution in [0.3, 0.4) is 0 Å². The monoisotopic (exact) mass is 482 g/mol. The van der Waals surface area contributed by atoms with Crippen LogP contribution >= 0.6 is 23.2 Å². The third kappa shape index (κ3) is 5.46. The summed E-state index contributed by atoms with van der Waals surface area (Å²) in [4.78, 5) is 15.6. The maximum Gasteiger partial charge on any atom is 0.303 e. The van der Waals surface area contributed by atoms with Gasteiger partial charge in [0, 0.05) is 17.5 Å². The number of nitrogens with two attached hydrogens (primary N) is 1. The lowest BCUT2D eigenvalue weighted by molar-refractivity contribution is -0.139. The van der Waals surface area contributed by atoms with Crippen molar-refractivity contribution in [2.75, 3.05) is 0 Å². The van der Waals surface area contributed by atoms with Crippen molar-refractivity contribution in [1.82, 2.24) is 4.98 Å². The highest BCUT2D eigenvalue weighted by molar-refractivity contribution is 7.89. The van der Waals surface area contributed by atoms with E-state index in [1.54, 1.807) is 50.2 Å². The third-order valence-electron chi connectivity index (χ3n) is 4.56. The van der Waals surface area contributed by atoms with Crippen molar-refractivity contribution >= 4 is 39.2 Å². The minimum absolute atomic E-state index is 0.0966. The van der Waals surface area contributed by atoms with Crippen LogP contribution in [0.4, 0.5) is 0 Å². The molecule has 0 aliphatic carbocycles. The second kappa shape index (κ2) is 8.63. The Hall–Kier alpha value is -2.39. The molecule has 1 aromatic heterocycles. The van der Waals surface area contributed by atoms with Gasteiger partial charge in [0.1, 0.15) is 5.69 Å². The normalized spacial score (nSPS) is 12.2. The Balaban J connectivity index is 2.21. The molecule has 0 bridgehead atoms. The van der Waals surface area contributed by atoms with E-state index in [4.69, 9.17) is 37.9 Å². The molecule has 0 unspecified atom stereocenters. The number of oxazole rings is 1. The zero-order chi connectivity index (χ0) is 23.0. The molecule has 2 aromatic carbocycles. The standard InChI is InChI=1S/C21H20Cl2N2O5S/c1-21(2,11-18(26)27)10-17-25-19(12-7-8-14(22)15(23)9-12)20(30-17)13-5-3-4-6-16(13)31(24,28)29/h3-9H,10-11H2,1-2H3,(H,26,27)(H2,24,28,29). The number of hydrogen-bond donors (Lipinski definition) is 2. The van der Waals surface area contributed by atoms with Crippen LogP contribution in [0.1, 0.15) is 26.2 Å². The molecular weight excluding hydrogens is 463 g/mol. The number of carboxylic acid groups (broad SMARTS) is 1. The number of benzene rings is 2. The second-order valence-electron chi connectivity index (χ2n) is 7.87. The van der Waals surface area contributed by atoms with Gasteiger partial charge in [-0.2, -0.15) is 0 Å². The van der Waals surface area contributed by atoms with Crippen LogP contribution in [0.25, 0.3) is 22.6 Å². The summed E-state index contributed by atoms with van der Waals surface area (Å²) in [5, 5.41) is 15.2. The lowest BCUT2D eigenvalue weighted by Gasteiger charge is -2.19. The van der Waals surface area contributed by atoms with Crippen molar-refractivity contribution in [3.05, 3.63) is 58.4 Å². The van der Waals surface area contributed by atoms with Crippen LogP contribution in [0.15, 0.2) is 51.8 Å². The summed E-state index contributed by atoms with van der Waals surface area (Å²) in [6, 6.07) is 11.0. The fourth-order valence-electron chi connectivity index (χ4n) is 3.25. The molecule has 0 aliphatic heterocycles. The van der Waals surface area contributed by atoms with Crippen LogP contribution in [0.2, 0.25) is 10.0 Å². The van der Waals surface area contributed by atoms with E-state index in [0.717, 1.165) is 0 Å². The maximum absolute atomic E-state index is 12.1. The average Bonchev–Trinajstić information content (AvgIpc) is 3.05. The van der Waals surface area contributed by atoms with Gasteiger partial charge in [-0.05, 0) is 29.7 Å². The SMILES string of the molecule is CC(C)(CC(=O)O)Cc1nc(-c2ccc(Cl)c(Cl)c2)c(-c2ccccc2S(N)(=O)=O)o1. The Morgan fingerprint density at radius 2 is 1.84 bits per heavy atom. The lowest BCUT2D eigenvalue weighted by Crippen LogP contribution is -2.19. The summed E-state index contributed by atoms with van der Waals surface area (Å²) < 4.78 is 30.3. The lowest BCUT2D eigenvalue weighted by atomic mass is 9.86. The van der Waals surface area contributed by atoms with Gasteiger partial charge in [-0.3, -0.25) is 4.79 Å². The molecule has 3 rings (SSSR count). The molecule has 0 atom stereocenters. The number of carbonyl (C=O) groups is 1. The highest BCUT2D eigenvalue weighted by Crippen LogP contribution is 2.39. The topological polar surface area (TPSA) is 123 Å². The molecular formula is C21H20Cl2N2O5S. The van der Waals surface area contributed by atoms with Gasteiger partial charge in [0.15, 0.2) is 11.7 Å². The van der Waals surface area contributed by atoms with Crippen molar-refractivity contribution in [3.8, 4) is 22.6 Å². The summed E-state index contributed by atoms with van der Waals surface area (Å²) in [5.41, 5.74) is 0.485. The first-order valence-corrected chi connectivity index (χ1v) is 11.5. The first kappa shape index (κ1) is 23.3. The van der Waals surface area contributed by atoms with Gasteiger partial charge >= 0.3 is 5.97 Å². The van der Waals surface area contributed by atoms with Crippen LogP contribution in [-0.2, 0) is 21.2 Å². The predicted molar refractivity (Wildman–Crippen MR) is 119 cm³/mol. The van der Waals surface area contributed by atoms with Crippen molar-refractivity contribution in [1.29, 1.82) is 0 Å². The van der Waals surface area contributed by atoms with Crippen LogP contribution in [-0.4, -0.2) is 24.5 Å². The molecule has 0 spiro atoms. The van der Waals surface area contributed by atoms with Crippen LogP contribution in [0.5, 0.6) is 0 Å². The minimum Gasteiger partial charge on any atom is -0.481 e. The molecule has 0 saturated carbocycles. The number of aromatic nitrogens is 1. The number of halogens is 2. The highest BCUT2D eigenvalue weighted by atomic mass is 35.5. The van der Waals surface area contributed by atoms with Gasteiger partial charge in [0.05, 0.1) is 21.4 Å². The van der Waals surface area contributed by atoms with Crippen molar-refractivity contribution in [2.45, 2.75) is 31.6 Å². The number of carboxylic acids is 1. The van der Waals surface area contributed by atoms with Gasteiger partial charge in [-0.25, -0.2) is 18.5 Å². The summed E-state index contributed by atoms with van der Waals surface area (Å²) in [5.74, 6) is -0.503. The first-order valence-electron chi connectivity index (χ1n) is 9.16. The largest absolute Gasteiger partial charge is 0.481 e. The van der Waals surface area contributed by atoms with Crippen molar-refractivity contribution in [2.24, 2.45) is 10.6 Å². The Bertz CT molecular complexity index is 1250. The molecule has 31 heavy (non-hydrogen) atoms. The highest BCUT2D eigenvalue weighted by Gasteiger charge is 2.28. The number of rotatable bonds is 7. The predicted octanol–water partition coefficient (Wildman–Crippen LogP) is 5.01. The zero-order valence-electron chi connectivity index (χ0n) is 16.7. The van der Waals surface area contributed by atoms with Crippen molar-refractivity contribution < 1.29 is 22.7 Å². The smallest absolute Gasteiger partial charge is 0.303 e. The number of nitrogens with zero attached hydrogens (tertiary/aromatic N) is 1. The van der Waals surface area contributed by atoms with Gasteiger partial charge in [-0.1, -0.05) is 55.2 Å². The first-order chi connectivity index (χ1) is 14.4. The minimum atomic E-state index is -4.05. The van der Waals surface area contributed by atoms with Gasteiger partial charge in [0.2, 0.25) is 10.0 Å². The quantitative estimate of drug-likeness (QED) is 0.487. The van der Waals surface area contributed by atoms with E-state index in [-0.39, 0.29) is 35.0 Å². The third-order valence-corrected chi connectivity index (χ3v) is 6.27. The molecule has 0 radical (unpaired) electrons. The molecule has 3 aromatic rings. The fourth-order valence-corrected chi connectivity index (χ4v) is 4.28.